The van der Waals surface area contributed by atoms with Gasteiger partial charge in [-0.1, -0.05) is 120 Å². The van der Waals surface area contributed by atoms with E-state index in [9.17, 15) is 9.59 Å². The van der Waals surface area contributed by atoms with Gasteiger partial charge in [0.05, 0.1) is 15.1 Å². The van der Waals surface area contributed by atoms with Crippen molar-refractivity contribution in [3.8, 4) is 16.9 Å². The number of amides is 1. The van der Waals surface area contributed by atoms with E-state index in [1.165, 1.54) is 0 Å². The van der Waals surface area contributed by atoms with Gasteiger partial charge < -0.3 is 14.8 Å². The van der Waals surface area contributed by atoms with Gasteiger partial charge in [0, 0.05) is 5.92 Å². The van der Waals surface area contributed by atoms with E-state index >= 15 is 0 Å². The maximum Gasteiger partial charge on any atom is 0.407 e. The van der Waals surface area contributed by atoms with Crippen LogP contribution in [0.1, 0.15) is 37.3 Å². The van der Waals surface area contributed by atoms with Crippen LogP contribution in [0.25, 0.3) is 11.1 Å². The summed E-state index contributed by atoms with van der Waals surface area (Å²) in [6.07, 6.45) is -0.485. The van der Waals surface area contributed by atoms with E-state index in [0.29, 0.717) is 0 Å². The summed E-state index contributed by atoms with van der Waals surface area (Å²) < 4.78 is 11.0. The fraction of sp³-hybridized carbons (Fsp3) is 0.259. The summed E-state index contributed by atoms with van der Waals surface area (Å²) in [6.45, 7) is 3.90. The second-order valence-electron chi connectivity index (χ2n) is 8.97. The Morgan fingerprint density at radius 3 is 1.81 bits per heavy atom. The molecule has 3 aromatic carbocycles. The zero-order valence-corrected chi connectivity index (χ0v) is 23.6. The number of halogens is 5. The highest BCUT2D eigenvalue weighted by Crippen LogP contribution is 2.48. The van der Waals surface area contributed by atoms with Gasteiger partial charge in [-0.2, -0.15) is 0 Å². The number of carbonyl (C=O) groups excluding carboxylic acids is 2. The van der Waals surface area contributed by atoms with Gasteiger partial charge in [-0.25, -0.2) is 9.59 Å². The summed E-state index contributed by atoms with van der Waals surface area (Å²) in [5.41, 5.74) is 4.38. The Hall–Kier alpha value is -2.15. The number of hydrogen-bond acceptors (Lipinski definition) is 4. The van der Waals surface area contributed by atoms with Crippen molar-refractivity contribution in [2.45, 2.75) is 32.2 Å². The monoisotopic (exact) mass is 599 g/mol. The molecule has 0 spiro atoms. The summed E-state index contributed by atoms with van der Waals surface area (Å²) in [6, 6.07) is 15.0. The van der Waals surface area contributed by atoms with Crippen molar-refractivity contribution in [1.82, 2.24) is 5.32 Å². The van der Waals surface area contributed by atoms with E-state index in [1.807, 2.05) is 50.2 Å². The zero-order chi connectivity index (χ0) is 26.9. The predicted molar refractivity (Wildman–Crippen MR) is 149 cm³/mol. The van der Waals surface area contributed by atoms with E-state index in [0.717, 1.165) is 22.3 Å². The van der Waals surface area contributed by atoms with Crippen molar-refractivity contribution in [2.24, 2.45) is 5.92 Å². The van der Waals surface area contributed by atoms with Crippen molar-refractivity contribution in [1.29, 1.82) is 0 Å². The van der Waals surface area contributed by atoms with Crippen LogP contribution in [0.2, 0.25) is 25.1 Å². The zero-order valence-electron chi connectivity index (χ0n) is 19.8. The number of fused-ring (bicyclic) bond motifs is 3. The SMILES string of the molecule is CC(C)C[C@H](NC(=O)OCC1c2ccccc2-c2ccccc21)C(=O)Oc1c(Cl)c(Cl)c(Cl)c(Cl)c1Cl. The highest BCUT2D eigenvalue weighted by Gasteiger charge is 2.31. The molecule has 1 atom stereocenters. The van der Waals surface area contributed by atoms with Gasteiger partial charge in [0.2, 0.25) is 0 Å². The summed E-state index contributed by atoms with van der Waals surface area (Å²) in [4.78, 5) is 25.9. The number of benzene rings is 3. The number of hydrogen-bond donors (Lipinski definition) is 1. The minimum Gasteiger partial charge on any atom is -0.449 e. The van der Waals surface area contributed by atoms with Gasteiger partial charge in [0.1, 0.15) is 22.7 Å². The van der Waals surface area contributed by atoms with Crippen LogP contribution in [0.3, 0.4) is 0 Å². The molecule has 3 aromatic rings. The lowest BCUT2D eigenvalue weighted by Gasteiger charge is -2.21. The molecule has 0 aromatic heterocycles. The topological polar surface area (TPSA) is 64.6 Å². The Balaban J connectivity index is 1.48. The van der Waals surface area contributed by atoms with Gasteiger partial charge in [0.15, 0.2) is 5.75 Å². The van der Waals surface area contributed by atoms with Crippen molar-refractivity contribution < 1.29 is 19.1 Å². The second-order valence-corrected chi connectivity index (χ2v) is 10.9. The van der Waals surface area contributed by atoms with Gasteiger partial charge in [-0.15, -0.1) is 0 Å². The lowest BCUT2D eigenvalue weighted by Crippen LogP contribution is -2.44. The molecule has 10 heteroatoms. The van der Waals surface area contributed by atoms with Crippen molar-refractivity contribution in [2.75, 3.05) is 6.61 Å². The molecule has 37 heavy (non-hydrogen) atoms. The van der Waals surface area contributed by atoms with E-state index in [1.54, 1.807) is 0 Å². The predicted octanol–water partition coefficient (Wildman–Crippen LogP) is 8.81. The first-order valence-electron chi connectivity index (χ1n) is 11.4. The van der Waals surface area contributed by atoms with Crippen LogP contribution in [0.4, 0.5) is 4.79 Å². The molecule has 0 bridgehead atoms. The molecule has 0 radical (unpaired) electrons. The molecule has 0 aliphatic heterocycles. The molecule has 4 rings (SSSR count). The van der Waals surface area contributed by atoms with Crippen LogP contribution >= 0.6 is 58.0 Å². The molecule has 1 amide bonds. The van der Waals surface area contributed by atoms with Crippen LogP contribution in [-0.4, -0.2) is 24.7 Å². The average Bonchev–Trinajstić information content (AvgIpc) is 3.20. The maximum atomic E-state index is 13.1. The number of carbonyl (C=O) groups is 2. The lowest BCUT2D eigenvalue weighted by atomic mass is 9.98. The first kappa shape index (κ1) is 27.9. The smallest absolute Gasteiger partial charge is 0.407 e. The van der Waals surface area contributed by atoms with Crippen LogP contribution in [-0.2, 0) is 9.53 Å². The fourth-order valence-electron chi connectivity index (χ4n) is 4.31. The number of esters is 1. The third-order valence-corrected chi connectivity index (χ3v) is 8.24. The van der Waals surface area contributed by atoms with E-state index < -0.39 is 18.1 Å². The molecular formula is C27H22Cl5NO4. The number of nitrogens with one attached hydrogen (secondary N) is 1. The normalized spacial score (nSPS) is 13.2. The Morgan fingerprint density at radius 1 is 0.811 bits per heavy atom. The van der Waals surface area contributed by atoms with Gasteiger partial charge in [0.25, 0.3) is 0 Å². The summed E-state index contributed by atoms with van der Waals surface area (Å²) in [5.74, 6) is -1.13. The molecule has 1 aliphatic rings. The van der Waals surface area contributed by atoms with Gasteiger partial charge in [-0.3, -0.25) is 0 Å². The largest absolute Gasteiger partial charge is 0.449 e. The highest BCUT2D eigenvalue weighted by atomic mass is 35.5. The summed E-state index contributed by atoms with van der Waals surface area (Å²) >= 11 is 30.5. The molecule has 1 N–H and O–H groups in total. The molecule has 194 valence electrons. The molecular weight excluding hydrogens is 580 g/mol. The number of alkyl carbamates (subject to hydrolysis) is 1. The Labute approximate surface area is 239 Å². The Bertz CT molecular complexity index is 1290. The lowest BCUT2D eigenvalue weighted by molar-refractivity contribution is -0.137. The molecule has 0 saturated carbocycles. The molecule has 0 fully saturated rings. The van der Waals surface area contributed by atoms with Crippen molar-refractivity contribution >= 4 is 70.1 Å². The fourth-order valence-corrected chi connectivity index (χ4v) is 5.51. The average molecular weight is 602 g/mol. The third-order valence-electron chi connectivity index (χ3n) is 6.00. The van der Waals surface area contributed by atoms with Crippen LogP contribution in [0.15, 0.2) is 48.5 Å². The third kappa shape index (κ3) is 5.81. The van der Waals surface area contributed by atoms with Crippen molar-refractivity contribution in [3.63, 3.8) is 0 Å². The van der Waals surface area contributed by atoms with Crippen LogP contribution < -0.4 is 10.1 Å². The number of ether oxygens (including phenoxy) is 2. The van der Waals surface area contributed by atoms with Crippen LogP contribution in [0, 0.1) is 5.92 Å². The van der Waals surface area contributed by atoms with Gasteiger partial charge >= 0.3 is 12.1 Å². The van der Waals surface area contributed by atoms with E-state index in [-0.39, 0.29) is 55.7 Å². The minimum atomic E-state index is -1.05. The second kappa shape index (κ2) is 11.7. The molecule has 5 nitrogen and oxygen atoms in total. The summed E-state index contributed by atoms with van der Waals surface area (Å²) in [5, 5.41) is 2.00. The minimum absolute atomic E-state index is 0.0368. The Morgan fingerprint density at radius 2 is 1.30 bits per heavy atom. The Kier molecular flexibility index (Phi) is 8.82. The van der Waals surface area contributed by atoms with Crippen molar-refractivity contribution in [3.05, 3.63) is 84.8 Å². The molecule has 0 saturated heterocycles. The molecule has 1 aliphatic carbocycles. The van der Waals surface area contributed by atoms with Crippen LogP contribution in [0.5, 0.6) is 5.75 Å². The standard InChI is InChI=1S/C27H22Cl5NO4/c1-13(2)11-19(26(34)37-25-23(31)21(29)20(28)22(30)24(25)32)33-27(35)36-12-18-16-9-5-3-7-14(16)15-8-4-6-10-17(15)18/h3-10,13,18-19H,11-12H2,1-2H3,(H,33,35)/t19-/m0/s1. The first-order chi connectivity index (χ1) is 17.6. The quantitative estimate of drug-likeness (QED) is 0.127. The van der Waals surface area contributed by atoms with Gasteiger partial charge in [-0.05, 0) is 34.6 Å². The number of rotatable bonds is 7. The molecule has 0 unspecified atom stereocenters. The maximum absolute atomic E-state index is 13.1. The first-order valence-corrected chi connectivity index (χ1v) is 13.3. The van der Waals surface area contributed by atoms with E-state index in [2.05, 4.69) is 17.4 Å². The van der Waals surface area contributed by atoms with E-state index in [4.69, 9.17) is 67.5 Å². The molecule has 0 heterocycles. The highest BCUT2D eigenvalue weighted by molar-refractivity contribution is 6.55. The summed E-state index contributed by atoms with van der Waals surface area (Å²) in [7, 11) is 0.